The largest absolute Gasteiger partial charge is 0.382 e. The number of allylic oxidation sites excluding steroid dienone is 1. The highest BCUT2D eigenvalue weighted by Gasteiger charge is 2.17. The number of benzene rings is 1. The van der Waals surface area contributed by atoms with Gasteiger partial charge in [-0.05, 0) is 37.3 Å². The van der Waals surface area contributed by atoms with Crippen LogP contribution in [0.1, 0.15) is 45.2 Å². The molecule has 0 fully saturated rings. The van der Waals surface area contributed by atoms with Gasteiger partial charge in [0.15, 0.2) is 0 Å². The van der Waals surface area contributed by atoms with E-state index in [1.807, 2.05) is 19.1 Å². The summed E-state index contributed by atoms with van der Waals surface area (Å²) in [5, 5.41) is 6.58. The summed E-state index contributed by atoms with van der Waals surface area (Å²) in [6.07, 6.45) is 6.75. The van der Waals surface area contributed by atoms with Crippen LogP contribution >= 0.6 is 0 Å². The number of carbonyl (C=O) groups is 1. The zero-order valence-electron chi connectivity index (χ0n) is 12.5. The second-order valence-corrected chi connectivity index (χ2v) is 5.73. The zero-order valence-corrected chi connectivity index (χ0v) is 12.5. The normalized spacial score (nSPS) is 23.1. The molecule has 1 amide bonds. The van der Waals surface area contributed by atoms with Crippen molar-refractivity contribution in [3.63, 3.8) is 0 Å². The van der Waals surface area contributed by atoms with E-state index >= 15 is 0 Å². The van der Waals surface area contributed by atoms with Crippen LogP contribution < -0.4 is 10.6 Å². The van der Waals surface area contributed by atoms with E-state index in [1.165, 1.54) is 0 Å². The predicted molar refractivity (Wildman–Crippen MR) is 83.6 cm³/mol. The summed E-state index contributed by atoms with van der Waals surface area (Å²) < 4.78 is 0. The molecule has 0 bridgehead atoms. The third kappa shape index (κ3) is 3.86. The summed E-state index contributed by atoms with van der Waals surface area (Å²) in [4.78, 5) is 11.2. The fourth-order valence-electron chi connectivity index (χ4n) is 2.83. The third-order valence-corrected chi connectivity index (χ3v) is 3.75. The molecule has 0 heterocycles. The van der Waals surface area contributed by atoms with Crippen LogP contribution in [0.25, 0.3) is 0 Å². The Morgan fingerprint density at radius 1 is 1.35 bits per heavy atom. The summed E-state index contributed by atoms with van der Waals surface area (Å²) >= 11 is 0. The average molecular weight is 272 g/mol. The second kappa shape index (κ2) is 6.60. The number of hydrogen-bond acceptors (Lipinski definition) is 2. The van der Waals surface area contributed by atoms with Crippen molar-refractivity contribution in [3.05, 3.63) is 42.0 Å². The van der Waals surface area contributed by atoms with Gasteiger partial charge < -0.3 is 10.6 Å². The second-order valence-electron chi connectivity index (χ2n) is 5.73. The average Bonchev–Trinajstić information content (AvgIpc) is 2.38. The molecular weight excluding hydrogens is 248 g/mol. The van der Waals surface area contributed by atoms with Crippen molar-refractivity contribution in [2.45, 2.75) is 45.7 Å². The van der Waals surface area contributed by atoms with Crippen molar-refractivity contribution in [2.75, 3.05) is 5.32 Å². The number of carbonyl (C=O) groups excluding carboxylic acids is 1. The van der Waals surface area contributed by atoms with Gasteiger partial charge in [-0.25, -0.2) is 0 Å². The van der Waals surface area contributed by atoms with E-state index in [0.717, 1.165) is 24.1 Å². The van der Waals surface area contributed by atoms with Crippen LogP contribution in [-0.4, -0.2) is 11.9 Å². The molecule has 1 aromatic carbocycles. The molecule has 20 heavy (non-hydrogen) atoms. The number of amides is 1. The van der Waals surface area contributed by atoms with Crippen LogP contribution in [0.15, 0.2) is 36.4 Å². The molecular formula is C17H24N2O. The molecule has 0 saturated carbocycles. The van der Waals surface area contributed by atoms with E-state index in [4.69, 9.17) is 0 Å². The molecule has 3 nitrogen and oxygen atoms in total. The maximum absolute atomic E-state index is 11.2. The Morgan fingerprint density at radius 3 is 2.80 bits per heavy atom. The van der Waals surface area contributed by atoms with Crippen LogP contribution in [0.5, 0.6) is 0 Å². The maximum atomic E-state index is 11.2. The van der Waals surface area contributed by atoms with Crippen molar-refractivity contribution in [2.24, 2.45) is 5.92 Å². The highest BCUT2D eigenvalue weighted by Crippen LogP contribution is 2.26. The van der Waals surface area contributed by atoms with Gasteiger partial charge in [0.25, 0.3) is 0 Å². The molecule has 0 aromatic heterocycles. The number of para-hydroxylation sites is 1. The first-order valence-electron chi connectivity index (χ1n) is 7.35. The van der Waals surface area contributed by atoms with Gasteiger partial charge in [-0.2, -0.15) is 0 Å². The quantitative estimate of drug-likeness (QED) is 0.821. The summed E-state index contributed by atoms with van der Waals surface area (Å²) in [5.41, 5.74) is 2.27. The lowest BCUT2D eigenvalue weighted by Crippen LogP contribution is -2.27. The molecule has 2 N–H and O–H groups in total. The number of hydrogen-bond donors (Lipinski definition) is 2. The van der Waals surface area contributed by atoms with Gasteiger partial charge in [-0.15, -0.1) is 0 Å². The first-order chi connectivity index (χ1) is 9.56. The summed E-state index contributed by atoms with van der Waals surface area (Å²) in [6, 6.07) is 8.71. The van der Waals surface area contributed by atoms with E-state index in [1.54, 1.807) is 6.92 Å². The number of rotatable bonds is 4. The van der Waals surface area contributed by atoms with Gasteiger partial charge in [-0.3, -0.25) is 4.79 Å². The summed E-state index contributed by atoms with van der Waals surface area (Å²) in [7, 11) is 0. The first kappa shape index (κ1) is 14.6. The van der Waals surface area contributed by atoms with Gasteiger partial charge in [0.1, 0.15) is 0 Å². The van der Waals surface area contributed by atoms with Gasteiger partial charge in [0.05, 0.1) is 6.04 Å². The molecule has 0 unspecified atom stereocenters. The highest BCUT2D eigenvalue weighted by atomic mass is 16.1. The molecule has 2 rings (SSSR count). The van der Waals surface area contributed by atoms with Gasteiger partial charge in [-0.1, -0.05) is 37.3 Å². The number of anilines is 1. The third-order valence-electron chi connectivity index (χ3n) is 3.75. The monoisotopic (exact) mass is 272 g/mol. The first-order valence-corrected chi connectivity index (χ1v) is 7.35. The molecule has 0 saturated heterocycles. The molecule has 0 aliphatic heterocycles. The fourth-order valence-corrected chi connectivity index (χ4v) is 2.83. The van der Waals surface area contributed by atoms with E-state index in [-0.39, 0.29) is 11.9 Å². The minimum atomic E-state index is 0.00141. The van der Waals surface area contributed by atoms with E-state index < -0.39 is 0 Å². The predicted octanol–water partition coefficient (Wildman–Crippen LogP) is 3.65. The molecule has 108 valence electrons. The Balaban J connectivity index is 2.11. The molecule has 3 heteroatoms. The fraction of sp³-hybridized carbons (Fsp3) is 0.471. The lowest BCUT2D eigenvalue weighted by atomic mass is 9.92. The van der Waals surface area contributed by atoms with Gasteiger partial charge in [0, 0.05) is 18.7 Å². The van der Waals surface area contributed by atoms with Crippen molar-refractivity contribution in [1.82, 2.24) is 5.32 Å². The van der Waals surface area contributed by atoms with Crippen LogP contribution in [0, 0.1) is 5.92 Å². The van der Waals surface area contributed by atoms with Crippen molar-refractivity contribution < 1.29 is 4.79 Å². The molecule has 0 spiro atoms. The minimum Gasteiger partial charge on any atom is -0.382 e. The van der Waals surface area contributed by atoms with Crippen LogP contribution in [0.3, 0.4) is 0 Å². The van der Waals surface area contributed by atoms with Crippen LogP contribution in [0.4, 0.5) is 5.69 Å². The standard InChI is InChI=1S/C17H24N2O/c1-12-7-6-8-15(11-12)19-17-10-5-4-9-16(17)13(2)18-14(3)20/h4-7,9-10,12-13,15,19H,8,11H2,1-3H3,(H,18,20)/t12-,13+,15-/m0/s1. The molecule has 3 atom stereocenters. The van der Waals surface area contributed by atoms with Crippen molar-refractivity contribution in [1.29, 1.82) is 0 Å². The molecule has 1 aliphatic carbocycles. The molecule has 0 radical (unpaired) electrons. The Morgan fingerprint density at radius 2 is 2.10 bits per heavy atom. The zero-order chi connectivity index (χ0) is 14.5. The Kier molecular flexibility index (Phi) is 4.83. The van der Waals surface area contributed by atoms with E-state index in [0.29, 0.717) is 12.0 Å². The van der Waals surface area contributed by atoms with Crippen molar-refractivity contribution >= 4 is 11.6 Å². The van der Waals surface area contributed by atoms with E-state index in [2.05, 4.69) is 41.8 Å². The lowest BCUT2D eigenvalue weighted by Gasteiger charge is -2.27. The Labute approximate surface area is 121 Å². The molecule has 1 aromatic rings. The van der Waals surface area contributed by atoms with Crippen molar-refractivity contribution in [3.8, 4) is 0 Å². The maximum Gasteiger partial charge on any atom is 0.217 e. The van der Waals surface area contributed by atoms with Gasteiger partial charge in [0.2, 0.25) is 5.91 Å². The Hall–Kier alpha value is -1.77. The highest BCUT2D eigenvalue weighted by molar-refractivity contribution is 5.73. The van der Waals surface area contributed by atoms with E-state index in [9.17, 15) is 4.79 Å². The summed E-state index contributed by atoms with van der Waals surface area (Å²) in [6.45, 7) is 5.82. The Bertz CT molecular complexity index is 496. The number of nitrogens with one attached hydrogen (secondary N) is 2. The van der Waals surface area contributed by atoms with Crippen LogP contribution in [0.2, 0.25) is 0 Å². The smallest absolute Gasteiger partial charge is 0.217 e. The SMILES string of the molecule is CC(=O)N[C@H](C)c1ccccc1N[C@H]1CC=C[C@H](C)C1. The topological polar surface area (TPSA) is 41.1 Å². The molecule has 1 aliphatic rings. The van der Waals surface area contributed by atoms with Gasteiger partial charge >= 0.3 is 0 Å². The minimum absolute atomic E-state index is 0.00141. The van der Waals surface area contributed by atoms with Crippen LogP contribution in [-0.2, 0) is 4.79 Å². The summed E-state index contributed by atoms with van der Waals surface area (Å²) in [5.74, 6) is 0.628. The lowest BCUT2D eigenvalue weighted by molar-refractivity contribution is -0.119.